The van der Waals surface area contributed by atoms with Crippen molar-refractivity contribution < 1.29 is 23.9 Å². The van der Waals surface area contributed by atoms with Crippen LogP contribution >= 0.6 is 0 Å². The first-order valence-corrected chi connectivity index (χ1v) is 9.69. The van der Waals surface area contributed by atoms with Crippen molar-refractivity contribution in [2.75, 3.05) is 20.3 Å². The second-order valence-corrected chi connectivity index (χ2v) is 6.62. The zero-order chi connectivity index (χ0) is 20.2. The van der Waals surface area contributed by atoms with E-state index in [2.05, 4.69) is 15.8 Å². The standard InChI is InChI=1S/C20H29N3O5/c1-3-11-27-17-10-9-15(12-18(17)26-2)13-21-28-14-19(24)23-20(25)22-16-7-5-4-6-8-16/h9-10,12-13,16H,3-8,11,14H2,1-2H3,(H2,22,23,24,25)/b21-13-. The lowest BCUT2D eigenvalue weighted by molar-refractivity contribution is -0.124. The number of carbonyl (C=O) groups excluding carboxylic acids is 2. The van der Waals surface area contributed by atoms with Gasteiger partial charge in [-0.15, -0.1) is 0 Å². The third-order valence-electron chi connectivity index (χ3n) is 4.31. The molecule has 2 rings (SSSR count). The van der Waals surface area contributed by atoms with Crippen LogP contribution in [0.2, 0.25) is 0 Å². The van der Waals surface area contributed by atoms with Crippen LogP contribution in [0.4, 0.5) is 4.79 Å². The third-order valence-corrected chi connectivity index (χ3v) is 4.31. The molecule has 0 atom stereocenters. The van der Waals surface area contributed by atoms with Gasteiger partial charge >= 0.3 is 6.03 Å². The molecular weight excluding hydrogens is 362 g/mol. The maximum absolute atomic E-state index is 11.8. The molecule has 1 aromatic carbocycles. The van der Waals surface area contributed by atoms with Crippen molar-refractivity contribution in [2.24, 2.45) is 5.16 Å². The van der Waals surface area contributed by atoms with Crippen LogP contribution in [-0.2, 0) is 9.63 Å². The van der Waals surface area contributed by atoms with E-state index >= 15 is 0 Å². The predicted octanol–water partition coefficient (Wildman–Crippen LogP) is 2.99. The lowest BCUT2D eigenvalue weighted by Gasteiger charge is -2.22. The minimum atomic E-state index is -0.550. The Kier molecular flexibility index (Phi) is 9.10. The smallest absolute Gasteiger partial charge is 0.321 e. The molecule has 0 saturated heterocycles. The van der Waals surface area contributed by atoms with Crippen molar-refractivity contribution in [3.63, 3.8) is 0 Å². The van der Waals surface area contributed by atoms with E-state index < -0.39 is 11.9 Å². The number of urea groups is 1. The first kappa shape index (κ1) is 21.5. The molecule has 0 unspecified atom stereocenters. The van der Waals surface area contributed by atoms with Crippen LogP contribution in [0, 0.1) is 0 Å². The first-order chi connectivity index (χ1) is 13.6. The minimum Gasteiger partial charge on any atom is -0.493 e. The molecule has 0 aliphatic heterocycles. The van der Waals surface area contributed by atoms with E-state index in [1.807, 2.05) is 6.92 Å². The molecule has 0 spiro atoms. The van der Waals surface area contributed by atoms with E-state index in [1.165, 1.54) is 12.6 Å². The van der Waals surface area contributed by atoms with Gasteiger partial charge in [0.05, 0.1) is 19.9 Å². The van der Waals surface area contributed by atoms with Gasteiger partial charge in [-0.05, 0) is 37.5 Å². The Labute approximate surface area is 165 Å². The summed E-state index contributed by atoms with van der Waals surface area (Å²) in [6.07, 6.45) is 7.68. The summed E-state index contributed by atoms with van der Waals surface area (Å²) in [5, 5.41) is 8.81. The highest BCUT2D eigenvalue weighted by Crippen LogP contribution is 2.27. The van der Waals surface area contributed by atoms with Gasteiger partial charge in [-0.2, -0.15) is 0 Å². The van der Waals surface area contributed by atoms with Crippen molar-refractivity contribution in [1.82, 2.24) is 10.6 Å². The average molecular weight is 391 g/mol. The van der Waals surface area contributed by atoms with Crippen molar-refractivity contribution >= 4 is 18.2 Å². The molecule has 1 aliphatic rings. The van der Waals surface area contributed by atoms with E-state index in [0.29, 0.717) is 18.1 Å². The van der Waals surface area contributed by atoms with E-state index in [0.717, 1.165) is 37.7 Å². The molecule has 0 heterocycles. The number of ether oxygens (including phenoxy) is 2. The molecular formula is C20H29N3O5. The average Bonchev–Trinajstić information content (AvgIpc) is 2.70. The molecule has 154 valence electrons. The van der Waals surface area contributed by atoms with E-state index in [4.69, 9.17) is 14.3 Å². The molecule has 0 radical (unpaired) electrons. The van der Waals surface area contributed by atoms with E-state index in [9.17, 15) is 9.59 Å². The van der Waals surface area contributed by atoms with Crippen LogP contribution in [-0.4, -0.2) is 44.5 Å². The summed E-state index contributed by atoms with van der Waals surface area (Å²) in [5.74, 6) is 0.701. The summed E-state index contributed by atoms with van der Waals surface area (Å²) in [6, 6.07) is 5.00. The Morgan fingerprint density at radius 1 is 1.21 bits per heavy atom. The number of imide groups is 1. The van der Waals surface area contributed by atoms with Crippen molar-refractivity contribution in [1.29, 1.82) is 0 Å². The molecule has 0 aromatic heterocycles. The Morgan fingerprint density at radius 3 is 2.71 bits per heavy atom. The fraction of sp³-hybridized carbons (Fsp3) is 0.550. The van der Waals surface area contributed by atoms with Gasteiger partial charge in [-0.1, -0.05) is 31.3 Å². The maximum atomic E-state index is 11.8. The van der Waals surface area contributed by atoms with Gasteiger partial charge in [0.25, 0.3) is 5.91 Å². The molecule has 8 nitrogen and oxygen atoms in total. The van der Waals surface area contributed by atoms with Crippen LogP contribution < -0.4 is 20.1 Å². The van der Waals surface area contributed by atoms with Crippen LogP contribution in [0.3, 0.4) is 0 Å². The Bertz CT molecular complexity index is 672. The van der Waals surface area contributed by atoms with Gasteiger partial charge in [-0.25, -0.2) is 4.79 Å². The number of hydrogen-bond acceptors (Lipinski definition) is 6. The summed E-state index contributed by atoms with van der Waals surface area (Å²) >= 11 is 0. The number of amides is 3. The second kappa shape index (κ2) is 11.8. The molecule has 0 bridgehead atoms. The summed E-state index contributed by atoms with van der Waals surface area (Å²) in [6.45, 7) is 2.29. The minimum absolute atomic E-state index is 0.139. The molecule has 3 amide bonds. The van der Waals surface area contributed by atoms with Crippen molar-refractivity contribution in [2.45, 2.75) is 51.5 Å². The topological polar surface area (TPSA) is 98.3 Å². The predicted molar refractivity (Wildman–Crippen MR) is 106 cm³/mol. The largest absolute Gasteiger partial charge is 0.493 e. The molecule has 1 fully saturated rings. The van der Waals surface area contributed by atoms with Gasteiger partial charge in [0.15, 0.2) is 18.1 Å². The van der Waals surface area contributed by atoms with Gasteiger partial charge in [0.1, 0.15) is 0 Å². The number of hydrogen-bond donors (Lipinski definition) is 2. The highest BCUT2D eigenvalue weighted by molar-refractivity contribution is 5.95. The van der Waals surface area contributed by atoms with E-state index in [-0.39, 0.29) is 12.6 Å². The van der Waals surface area contributed by atoms with Crippen molar-refractivity contribution in [3.8, 4) is 11.5 Å². The van der Waals surface area contributed by atoms with Gasteiger partial charge in [0, 0.05) is 11.6 Å². The Morgan fingerprint density at radius 2 is 2.00 bits per heavy atom. The third kappa shape index (κ3) is 7.46. The van der Waals surface area contributed by atoms with Crippen LogP contribution in [0.25, 0.3) is 0 Å². The van der Waals surface area contributed by atoms with Crippen molar-refractivity contribution in [3.05, 3.63) is 23.8 Å². The Hall–Kier alpha value is -2.77. The van der Waals surface area contributed by atoms with Crippen LogP contribution in [0.1, 0.15) is 51.0 Å². The second-order valence-electron chi connectivity index (χ2n) is 6.62. The normalized spacial score (nSPS) is 14.5. The number of rotatable bonds is 9. The van der Waals surface area contributed by atoms with Crippen LogP contribution in [0.5, 0.6) is 11.5 Å². The number of oxime groups is 1. The van der Waals surface area contributed by atoms with Gasteiger partial charge < -0.3 is 19.6 Å². The maximum Gasteiger partial charge on any atom is 0.321 e. The molecule has 8 heteroatoms. The molecule has 2 N–H and O–H groups in total. The number of nitrogens with zero attached hydrogens (tertiary/aromatic N) is 1. The molecule has 1 aromatic rings. The summed E-state index contributed by atoms with van der Waals surface area (Å²) < 4.78 is 10.9. The quantitative estimate of drug-likeness (QED) is 0.498. The van der Waals surface area contributed by atoms with Crippen LogP contribution in [0.15, 0.2) is 23.4 Å². The lowest BCUT2D eigenvalue weighted by atomic mass is 9.96. The summed E-state index contributed by atoms with van der Waals surface area (Å²) in [5.41, 5.74) is 0.733. The van der Waals surface area contributed by atoms with Gasteiger partial charge in [0.2, 0.25) is 0 Å². The number of carbonyl (C=O) groups is 2. The SMILES string of the molecule is CCCOc1ccc(/C=N\OCC(=O)NC(=O)NC2CCCCC2)cc1OC. The molecule has 28 heavy (non-hydrogen) atoms. The highest BCUT2D eigenvalue weighted by atomic mass is 16.6. The lowest BCUT2D eigenvalue weighted by Crippen LogP contribution is -2.46. The monoisotopic (exact) mass is 391 g/mol. The number of methoxy groups -OCH3 is 1. The van der Waals surface area contributed by atoms with E-state index in [1.54, 1.807) is 25.3 Å². The molecule has 1 saturated carbocycles. The summed E-state index contributed by atoms with van der Waals surface area (Å²) in [4.78, 5) is 28.5. The highest BCUT2D eigenvalue weighted by Gasteiger charge is 2.17. The fourth-order valence-corrected chi connectivity index (χ4v) is 2.92. The number of nitrogens with one attached hydrogen (secondary N) is 2. The zero-order valence-corrected chi connectivity index (χ0v) is 16.5. The Balaban J connectivity index is 1.73. The first-order valence-electron chi connectivity index (χ1n) is 9.69. The zero-order valence-electron chi connectivity index (χ0n) is 16.5. The van der Waals surface area contributed by atoms with Gasteiger partial charge in [-0.3, -0.25) is 10.1 Å². The fourth-order valence-electron chi connectivity index (χ4n) is 2.92. The molecule has 1 aliphatic carbocycles. The summed E-state index contributed by atoms with van der Waals surface area (Å²) in [7, 11) is 1.56. The number of benzene rings is 1.